The van der Waals surface area contributed by atoms with Crippen molar-refractivity contribution < 1.29 is 4.74 Å². The summed E-state index contributed by atoms with van der Waals surface area (Å²) in [5.74, 6) is 4.68. The second-order valence-corrected chi connectivity index (χ2v) is 7.06. The van der Waals surface area contributed by atoms with Gasteiger partial charge in [-0.2, -0.15) is 0 Å². The molecule has 1 nitrogen and oxygen atoms in total. The monoisotopic (exact) mass is 266 g/mol. The SMILES string of the molecule is C=C(OC(=C)C(C(C)C)C(C)C)C(C(C)C)C(C)C. The summed E-state index contributed by atoms with van der Waals surface area (Å²) in [5, 5.41) is 0. The molecule has 1 heteroatoms. The maximum absolute atomic E-state index is 6.03. The van der Waals surface area contributed by atoms with Crippen LogP contribution in [0.25, 0.3) is 0 Å². The highest BCUT2D eigenvalue weighted by Gasteiger charge is 2.27. The molecule has 0 aliphatic rings. The molecule has 0 fully saturated rings. The van der Waals surface area contributed by atoms with E-state index in [2.05, 4.69) is 68.5 Å². The van der Waals surface area contributed by atoms with Gasteiger partial charge in [-0.15, -0.1) is 0 Å². The van der Waals surface area contributed by atoms with Crippen molar-refractivity contribution >= 4 is 0 Å². The molecule has 0 saturated heterocycles. The smallest absolute Gasteiger partial charge is 0.1000 e. The number of hydrogen-bond donors (Lipinski definition) is 0. The summed E-state index contributed by atoms with van der Waals surface area (Å²) in [6.45, 7) is 26.1. The maximum Gasteiger partial charge on any atom is 0.1000 e. The van der Waals surface area contributed by atoms with Crippen LogP contribution in [0.15, 0.2) is 24.7 Å². The summed E-state index contributed by atoms with van der Waals surface area (Å²) in [7, 11) is 0. The Morgan fingerprint density at radius 2 is 0.789 bits per heavy atom. The maximum atomic E-state index is 6.03. The number of rotatable bonds is 8. The van der Waals surface area contributed by atoms with Gasteiger partial charge in [0.1, 0.15) is 0 Å². The van der Waals surface area contributed by atoms with Crippen molar-refractivity contribution in [2.75, 3.05) is 0 Å². The van der Waals surface area contributed by atoms with E-state index in [1.165, 1.54) is 0 Å². The standard InChI is InChI=1S/C18H34O/c1-11(2)17(12(3)4)15(9)19-16(10)18(13(5)6)14(7)8/h11-14,17-18H,9-10H2,1-8H3. The summed E-state index contributed by atoms with van der Waals surface area (Å²) in [6.07, 6.45) is 0. The molecule has 0 aromatic carbocycles. The van der Waals surface area contributed by atoms with Crippen molar-refractivity contribution in [1.82, 2.24) is 0 Å². The van der Waals surface area contributed by atoms with Crippen molar-refractivity contribution in [3.8, 4) is 0 Å². The molecular formula is C18H34O. The number of allylic oxidation sites excluding steroid dienone is 2. The molecule has 0 spiro atoms. The molecular weight excluding hydrogens is 232 g/mol. The Bertz CT molecular complexity index is 251. The first-order valence-corrected chi connectivity index (χ1v) is 7.64. The van der Waals surface area contributed by atoms with Gasteiger partial charge in [-0.05, 0) is 23.7 Å². The van der Waals surface area contributed by atoms with Crippen molar-refractivity contribution in [3.63, 3.8) is 0 Å². The second kappa shape index (κ2) is 7.77. The van der Waals surface area contributed by atoms with Crippen LogP contribution in [0.1, 0.15) is 55.4 Å². The lowest BCUT2D eigenvalue weighted by molar-refractivity contribution is 0.143. The second-order valence-electron chi connectivity index (χ2n) is 7.06. The number of ether oxygens (including phenoxy) is 1. The van der Waals surface area contributed by atoms with Gasteiger partial charge < -0.3 is 4.74 Å². The van der Waals surface area contributed by atoms with Crippen molar-refractivity contribution in [3.05, 3.63) is 24.7 Å². The van der Waals surface area contributed by atoms with Crippen molar-refractivity contribution in [2.45, 2.75) is 55.4 Å². The minimum atomic E-state index is 0.386. The van der Waals surface area contributed by atoms with Crippen LogP contribution in [0.4, 0.5) is 0 Å². The lowest BCUT2D eigenvalue weighted by Crippen LogP contribution is -2.23. The molecule has 0 aromatic heterocycles. The van der Waals surface area contributed by atoms with Gasteiger partial charge in [0.15, 0.2) is 0 Å². The van der Waals surface area contributed by atoms with Gasteiger partial charge in [0.2, 0.25) is 0 Å². The lowest BCUT2D eigenvalue weighted by atomic mass is 9.83. The lowest BCUT2D eigenvalue weighted by Gasteiger charge is -2.31. The van der Waals surface area contributed by atoms with E-state index in [0.717, 1.165) is 11.5 Å². The first-order valence-electron chi connectivity index (χ1n) is 7.64. The quantitative estimate of drug-likeness (QED) is 0.498. The zero-order valence-electron chi connectivity index (χ0n) is 14.3. The molecule has 0 atom stereocenters. The fourth-order valence-corrected chi connectivity index (χ4v) is 3.33. The molecule has 0 amide bonds. The molecule has 0 rings (SSSR count). The van der Waals surface area contributed by atoms with E-state index in [-0.39, 0.29) is 0 Å². The van der Waals surface area contributed by atoms with Crippen LogP contribution < -0.4 is 0 Å². The van der Waals surface area contributed by atoms with Crippen LogP contribution in [-0.4, -0.2) is 0 Å². The Labute approximate surface area is 121 Å². The van der Waals surface area contributed by atoms with E-state index >= 15 is 0 Å². The van der Waals surface area contributed by atoms with Crippen LogP contribution >= 0.6 is 0 Å². The predicted molar refractivity (Wildman–Crippen MR) is 85.7 cm³/mol. The van der Waals surface area contributed by atoms with E-state index in [4.69, 9.17) is 4.74 Å². The third kappa shape index (κ3) is 5.42. The van der Waals surface area contributed by atoms with Crippen LogP contribution in [-0.2, 0) is 4.74 Å². The van der Waals surface area contributed by atoms with Gasteiger partial charge in [0, 0.05) is 11.8 Å². The van der Waals surface area contributed by atoms with Crippen LogP contribution in [0, 0.1) is 35.5 Å². The van der Waals surface area contributed by atoms with Gasteiger partial charge in [-0.3, -0.25) is 0 Å². The van der Waals surface area contributed by atoms with Gasteiger partial charge in [-0.25, -0.2) is 0 Å². The highest BCUT2D eigenvalue weighted by molar-refractivity contribution is 5.04. The third-order valence-electron chi connectivity index (χ3n) is 3.88. The third-order valence-corrected chi connectivity index (χ3v) is 3.88. The van der Waals surface area contributed by atoms with Gasteiger partial charge >= 0.3 is 0 Å². The Morgan fingerprint density at radius 3 is 0.947 bits per heavy atom. The molecule has 0 bridgehead atoms. The normalized spacial score (nSPS) is 12.3. The topological polar surface area (TPSA) is 9.23 Å². The van der Waals surface area contributed by atoms with E-state index in [1.54, 1.807) is 0 Å². The first-order chi connectivity index (χ1) is 8.59. The summed E-state index contributed by atoms with van der Waals surface area (Å²) in [5.41, 5.74) is 0. The Hall–Kier alpha value is -0.720. The summed E-state index contributed by atoms with van der Waals surface area (Å²) < 4.78 is 6.03. The minimum Gasteiger partial charge on any atom is -0.467 e. The van der Waals surface area contributed by atoms with Gasteiger partial charge in [0.25, 0.3) is 0 Å². The molecule has 0 unspecified atom stereocenters. The average molecular weight is 266 g/mol. The molecule has 0 N–H and O–H groups in total. The zero-order chi connectivity index (χ0) is 15.3. The van der Waals surface area contributed by atoms with Crippen LogP contribution in [0.5, 0.6) is 0 Å². The highest BCUT2D eigenvalue weighted by Crippen LogP contribution is 2.34. The molecule has 0 aliphatic heterocycles. The fourth-order valence-electron chi connectivity index (χ4n) is 3.33. The molecule has 0 radical (unpaired) electrons. The molecule has 19 heavy (non-hydrogen) atoms. The Kier molecular flexibility index (Phi) is 7.47. The van der Waals surface area contributed by atoms with Crippen molar-refractivity contribution in [2.24, 2.45) is 35.5 Å². The Balaban J connectivity index is 4.83. The predicted octanol–water partition coefficient (Wildman–Crippen LogP) is 5.89. The van der Waals surface area contributed by atoms with E-state index in [1.807, 2.05) is 0 Å². The molecule has 0 saturated carbocycles. The van der Waals surface area contributed by atoms with Gasteiger partial charge in [-0.1, -0.05) is 68.5 Å². The molecule has 0 heterocycles. The van der Waals surface area contributed by atoms with E-state index < -0.39 is 0 Å². The molecule has 0 aromatic rings. The minimum absolute atomic E-state index is 0.386. The molecule has 112 valence electrons. The molecule has 0 aliphatic carbocycles. The van der Waals surface area contributed by atoms with Crippen molar-refractivity contribution in [1.29, 1.82) is 0 Å². The van der Waals surface area contributed by atoms with Gasteiger partial charge in [0.05, 0.1) is 11.5 Å². The average Bonchev–Trinajstić information content (AvgIpc) is 2.13. The fraction of sp³-hybridized carbons (Fsp3) is 0.778. The summed E-state index contributed by atoms with van der Waals surface area (Å²) in [4.78, 5) is 0. The number of hydrogen-bond acceptors (Lipinski definition) is 1. The zero-order valence-corrected chi connectivity index (χ0v) is 14.3. The van der Waals surface area contributed by atoms with E-state index in [0.29, 0.717) is 35.5 Å². The summed E-state index contributed by atoms with van der Waals surface area (Å²) in [6, 6.07) is 0. The first kappa shape index (κ1) is 18.3. The van der Waals surface area contributed by atoms with E-state index in [9.17, 15) is 0 Å². The Morgan fingerprint density at radius 1 is 0.579 bits per heavy atom. The van der Waals surface area contributed by atoms with Crippen LogP contribution in [0.3, 0.4) is 0 Å². The largest absolute Gasteiger partial charge is 0.467 e. The van der Waals surface area contributed by atoms with Crippen LogP contribution in [0.2, 0.25) is 0 Å². The highest BCUT2D eigenvalue weighted by atomic mass is 16.5. The summed E-state index contributed by atoms with van der Waals surface area (Å²) >= 11 is 0.